The Labute approximate surface area is 170 Å². The van der Waals surface area contributed by atoms with E-state index >= 15 is 0 Å². The second kappa shape index (κ2) is 9.37. The zero-order chi connectivity index (χ0) is 20.8. The van der Waals surface area contributed by atoms with Crippen LogP contribution in [-0.2, 0) is 19.1 Å². The van der Waals surface area contributed by atoms with E-state index in [0.717, 1.165) is 22.3 Å². The molecule has 1 N–H and O–H groups in total. The van der Waals surface area contributed by atoms with Gasteiger partial charge >= 0.3 is 12.1 Å². The van der Waals surface area contributed by atoms with Crippen LogP contribution < -0.4 is 5.32 Å². The van der Waals surface area contributed by atoms with Crippen LogP contribution in [-0.4, -0.2) is 37.1 Å². The van der Waals surface area contributed by atoms with Crippen molar-refractivity contribution in [2.24, 2.45) is 0 Å². The summed E-state index contributed by atoms with van der Waals surface area (Å²) in [5.74, 6) is -0.852. The molecular formula is C23H25NO5. The lowest BCUT2D eigenvalue weighted by atomic mass is 9.98. The van der Waals surface area contributed by atoms with Crippen LogP contribution in [0, 0.1) is 0 Å². The summed E-state index contributed by atoms with van der Waals surface area (Å²) in [6.45, 7) is 3.83. The third-order valence-electron chi connectivity index (χ3n) is 4.89. The number of hydrogen-bond donors (Lipinski definition) is 1. The number of hydrogen-bond acceptors (Lipinski definition) is 5. The standard InChI is InChI=1S/C23H25NO5/c1-3-28-22(26)13-16(25)12-15(2)24-23(27)29-14-21-19-10-6-4-8-17(19)18-9-5-7-11-20(18)21/h4-11,15,21H,3,12-14H2,1-2H3,(H,24,27). The summed E-state index contributed by atoms with van der Waals surface area (Å²) in [5, 5.41) is 2.65. The van der Waals surface area contributed by atoms with Crippen molar-refractivity contribution in [2.45, 2.75) is 38.6 Å². The maximum Gasteiger partial charge on any atom is 0.407 e. The number of fused-ring (bicyclic) bond motifs is 3. The maximum atomic E-state index is 12.2. The Hall–Kier alpha value is -3.15. The van der Waals surface area contributed by atoms with Crippen molar-refractivity contribution in [3.8, 4) is 11.1 Å². The van der Waals surface area contributed by atoms with Gasteiger partial charge < -0.3 is 14.8 Å². The molecule has 0 aromatic heterocycles. The number of carbonyl (C=O) groups excluding carboxylic acids is 3. The third kappa shape index (κ3) is 5.02. The molecule has 0 saturated heterocycles. The summed E-state index contributed by atoms with van der Waals surface area (Å²) in [6, 6.07) is 15.8. The molecular weight excluding hydrogens is 370 g/mol. The van der Waals surface area contributed by atoms with Gasteiger partial charge in [0.15, 0.2) is 0 Å². The van der Waals surface area contributed by atoms with Crippen molar-refractivity contribution in [1.82, 2.24) is 5.32 Å². The fourth-order valence-electron chi connectivity index (χ4n) is 3.68. The largest absolute Gasteiger partial charge is 0.466 e. The van der Waals surface area contributed by atoms with Crippen LogP contribution in [0.15, 0.2) is 48.5 Å². The molecule has 3 rings (SSSR count). The lowest BCUT2D eigenvalue weighted by molar-refractivity contribution is -0.145. The van der Waals surface area contributed by atoms with Gasteiger partial charge in [-0.2, -0.15) is 0 Å². The molecule has 0 bridgehead atoms. The number of rotatable bonds is 8. The maximum absolute atomic E-state index is 12.2. The van der Waals surface area contributed by atoms with E-state index in [4.69, 9.17) is 9.47 Å². The van der Waals surface area contributed by atoms with Gasteiger partial charge in [0.2, 0.25) is 0 Å². The van der Waals surface area contributed by atoms with E-state index in [2.05, 4.69) is 29.6 Å². The predicted molar refractivity (Wildman–Crippen MR) is 109 cm³/mol. The minimum Gasteiger partial charge on any atom is -0.466 e. The molecule has 0 saturated carbocycles. The van der Waals surface area contributed by atoms with Crippen LogP contribution in [0.25, 0.3) is 11.1 Å². The van der Waals surface area contributed by atoms with Crippen LogP contribution in [0.5, 0.6) is 0 Å². The van der Waals surface area contributed by atoms with Crippen molar-refractivity contribution in [3.05, 3.63) is 59.7 Å². The molecule has 6 nitrogen and oxygen atoms in total. The van der Waals surface area contributed by atoms with E-state index in [9.17, 15) is 14.4 Å². The first-order valence-electron chi connectivity index (χ1n) is 9.78. The molecule has 6 heteroatoms. The second-order valence-electron chi connectivity index (χ2n) is 7.10. The van der Waals surface area contributed by atoms with Crippen LogP contribution in [0.4, 0.5) is 4.79 Å². The predicted octanol–water partition coefficient (Wildman–Crippen LogP) is 3.83. The van der Waals surface area contributed by atoms with Crippen molar-refractivity contribution in [1.29, 1.82) is 0 Å². The molecule has 0 spiro atoms. The normalized spacial score (nSPS) is 13.2. The van der Waals surface area contributed by atoms with E-state index in [1.807, 2.05) is 24.3 Å². The monoisotopic (exact) mass is 395 g/mol. The summed E-state index contributed by atoms with van der Waals surface area (Å²) < 4.78 is 10.2. The lowest BCUT2D eigenvalue weighted by Crippen LogP contribution is -2.35. The summed E-state index contributed by atoms with van der Waals surface area (Å²) in [5.41, 5.74) is 4.60. The number of nitrogens with one attached hydrogen (secondary N) is 1. The zero-order valence-electron chi connectivity index (χ0n) is 16.6. The third-order valence-corrected chi connectivity index (χ3v) is 4.89. The Balaban J connectivity index is 1.53. The Bertz CT molecular complexity index is 862. The van der Waals surface area contributed by atoms with Crippen LogP contribution in [0.1, 0.15) is 43.7 Å². The van der Waals surface area contributed by atoms with Gasteiger partial charge in [-0.25, -0.2) is 4.79 Å². The molecule has 152 valence electrons. The van der Waals surface area contributed by atoms with Crippen molar-refractivity contribution < 1.29 is 23.9 Å². The van der Waals surface area contributed by atoms with E-state index in [1.54, 1.807) is 13.8 Å². The summed E-state index contributed by atoms with van der Waals surface area (Å²) in [4.78, 5) is 35.4. The summed E-state index contributed by atoms with van der Waals surface area (Å²) in [7, 11) is 0. The highest BCUT2D eigenvalue weighted by Crippen LogP contribution is 2.44. The van der Waals surface area contributed by atoms with Crippen molar-refractivity contribution in [2.75, 3.05) is 13.2 Å². The number of ketones is 1. The molecule has 2 aromatic carbocycles. The molecule has 1 aliphatic carbocycles. The minimum absolute atomic E-state index is 0.0195. The first kappa shape index (κ1) is 20.6. The molecule has 0 radical (unpaired) electrons. The number of carbonyl (C=O) groups is 3. The average molecular weight is 395 g/mol. The quantitative estimate of drug-likeness (QED) is 0.543. The SMILES string of the molecule is CCOC(=O)CC(=O)CC(C)NC(=O)OCC1c2ccccc2-c2ccccc21. The van der Waals surface area contributed by atoms with Crippen LogP contribution in [0.3, 0.4) is 0 Å². The molecule has 0 aliphatic heterocycles. The highest BCUT2D eigenvalue weighted by Gasteiger charge is 2.29. The van der Waals surface area contributed by atoms with E-state index < -0.39 is 18.1 Å². The second-order valence-corrected chi connectivity index (χ2v) is 7.10. The fraction of sp³-hybridized carbons (Fsp3) is 0.348. The van der Waals surface area contributed by atoms with Crippen molar-refractivity contribution in [3.63, 3.8) is 0 Å². The van der Waals surface area contributed by atoms with E-state index in [0.29, 0.717) is 0 Å². The highest BCUT2D eigenvalue weighted by atomic mass is 16.5. The highest BCUT2D eigenvalue weighted by molar-refractivity contribution is 5.95. The minimum atomic E-state index is -0.580. The van der Waals surface area contributed by atoms with Crippen LogP contribution in [0.2, 0.25) is 0 Å². The fourth-order valence-corrected chi connectivity index (χ4v) is 3.68. The molecule has 2 aromatic rings. The summed E-state index contributed by atoms with van der Waals surface area (Å²) in [6.07, 6.45) is -0.823. The lowest BCUT2D eigenvalue weighted by Gasteiger charge is -2.17. The number of alkyl carbamates (subject to hydrolysis) is 1. The molecule has 0 fully saturated rings. The number of amides is 1. The number of esters is 1. The van der Waals surface area contributed by atoms with Gasteiger partial charge in [0.25, 0.3) is 0 Å². The van der Waals surface area contributed by atoms with Gasteiger partial charge in [-0.1, -0.05) is 48.5 Å². The topological polar surface area (TPSA) is 81.7 Å². The molecule has 1 aliphatic rings. The van der Waals surface area contributed by atoms with Gasteiger partial charge in [0, 0.05) is 18.4 Å². The molecule has 29 heavy (non-hydrogen) atoms. The van der Waals surface area contributed by atoms with E-state index in [-0.39, 0.29) is 37.8 Å². The Kier molecular flexibility index (Phi) is 6.65. The van der Waals surface area contributed by atoms with Gasteiger partial charge in [-0.15, -0.1) is 0 Å². The molecule has 1 atom stereocenters. The van der Waals surface area contributed by atoms with Gasteiger partial charge in [0.1, 0.15) is 18.8 Å². The van der Waals surface area contributed by atoms with Crippen LogP contribution >= 0.6 is 0 Å². The molecule has 1 amide bonds. The average Bonchev–Trinajstić information content (AvgIpc) is 3.00. The first-order chi connectivity index (χ1) is 14.0. The first-order valence-corrected chi connectivity index (χ1v) is 9.78. The smallest absolute Gasteiger partial charge is 0.407 e. The Morgan fingerprint density at radius 3 is 2.14 bits per heavy atom. The Morgan fingerprint density at radius 2 is 1.55 bits per heavy atom. The molecule has 1 unspecified atom stereocenters. The Morgan fingerprint density at radius 1 is 0.966 bits per heavy atom. The number of ether oxygens (including phenoxy) is 2. The van der Waals surface area contributed by atoms with E-state index in [1.165, 1.54) is 0 Å². The number of Topliss-reactive ketones (excluding diaryl/α,β-unsaturated/α-hetero) is 1. The van der Waals surface area contributed by atoms with Gasteiger partial charge in [-0.3, -0.25) is 9.59 Å². The van der Waals surface area contributed by atoms with Gasteiger partial charge in [-0.05, 0) is 36.1 Å². The van der Waals surface area contributed by atoms with Gasteiger partial charge in [0.05, 0.1) is 6.61 Å². The number of benzene rings is 2. The summed E-state index contributed by atoms with van der Waals surface area (Å²) >= 11 is 0. The van der Waals surface area contributed by atoms with Crippen molar-refractivity contribution >= 4 is 17.8 Å². The molecule has 0 heterocycles. The zero-order valence-corrected chi connectivity index (χ0v) is 16.6.